The fraction of sp³-hybridized carbons (Fsp3) is 0.429. The van der Waals surface area contributed by atoms with Crippen LogP contribution in [0.1, 0.15) is 12.8 Å². The number of carbonyl (C=O) groups excluding carboxylic acids is 2. The van der Waals surface area contributed by atoms with Crippen molar-refractivity contribution in [3.8, 4) is 0 Å². The molecular formula is C14H16ClFN2O4S2. The standard InChI is InChI=1S/C14H16ClFN2O4S2/c15-11-6-10(1-2-12(11)16)23-7-14(20)18-17-13(19)5-9-3-4-24(21,22)8-9/h1-2,6,9H,3-5,7-8H2,(H,17,19)(H,18,20). The highest BCUT2D eigenvalue weighted by Crippen LogP contribution is 2.24. The van der Waals surface area contributed by atoms with Crippen LogP contribution in [-0.2, 0) is 19.4 Å². The first-order chi connectivity index (χ1) is 11.2. The highest BCUT2D eigenvalue weighted by molar-refractivity contribution is 8.00. The molecule has 2 N–H and O–H groups in total. The third kappa shape index (κ3) is 5.95. The van der Waals surface area contributed by atoms with Crippen molar-refractivity contribution >= 4 is 45.0 Å². The molecule has 132 valence electrons. The first kappa shape index (κ1) is 19.0. The zero-order valence-electron chi connectivity index (χ0n) is 12.6. The lowest BCUT2D eigenvalue weighted by molar-refractivity contribution is -0.128. The van der Waals surface area contributed by atoms with Crippen LogP contribution in [0.5, 0.6) is 0 Å². The van der Waals surface area contributed by atoms with E-state index < -0.39 is 27.5 Å². The summed E-state index contributed by atoms with van der Waals surface area (Å²) in [5.74, 6) is -1.48. The average molecular weight is 395 g/mol. The third-order valence-corrected chi connectivity index (χ3v) is 6.52. The average Bonchev–Trinajstić information content (AvgIpc) is 2.85. The van der Waals surface area contributed by atoms with Crippen LogP contribution in [0.15, 0.2) is 23.1 Å². The number of sulfone groups is 1. The van der Waals surface area contributed by atoms with E-state index in [4.69, 9.17) is 11.6 Å². The minimum absolute atomic E-state index is 0.00947. The smallest absolute Gasteiger partial charge is 0.248 e. The Labute approximate surface area is 148 Å². The first-order valence-corrected chi connectivity index (χ1v) is 10.3. The zero-order chi connectivity index (χ0) is 17.7. The van der Waals surface area contributed by atoms with Gasteiger partial charge in [-0.3, -0.25) is 20.4 Å². The van der Waals surface area contributed by atoms with Gasteiger partial charge in [-0.15, -0.1) is 11.8 Å². The summed E-state index contributed by atoms with van der Waals surface area (Å²) in [6.45, 7) is 0. The molecule has 0 aliphatic carbocycles. The first-order valence-electron chi connectivity index (χ1n) is 7.11. The molecule has 1 aromatic carbocycles. The van der Waals surface area contributed by atoms with Gasteiger partial charge in [0, 0.05) is 11.3 Å². The van der Waals surface area contributed by atoms with Crippen LogP contribution < -0.4 is 10.9 Å². The normalized spacial score (nSPS) is 19.0. The van der Waals surface area contributed by atoms with Gasteiger partial charge in [0.2, 0.25) is 11.8 Å². The van der Waals surface area contributed by atoms with Gasteiger partial charge in [-0.25, -0.2) is 12.8 Å². The van der Waals surface area contributed by atoms with Gasteiger partial charge in [0.05, 0.1) is 22.3 Å². The van der Waals surface area contributed by atoms with Crippen molar-refractivity contribution < 1.29 is 22.4 Å². The fourth-order valence-electron chi connectivity index (χ4n) is 2.24. The maximum Gasteiger partial charge on any atom is 0.248 e. The number of rotatable bonds is 5. The van der Waals surface area contributed by atoms with E-state index in [2.05, 4.69) is 10.9 Å². The summed E-state index contributed by atoms with van der Waals surface area (Å²) in [4.78, 5) is 24.0. The van der Waals surface area contributed by atoms with Crippen LogP contribution in [0.3, 0.4) is 0 Å². The number of benzene rings is 1. The molecule has 2 amide bonds. The Morgan fingerprint density at radius 3 is 2.62 bits per heavy atom. The lowest BCUT2D eigenvalue weighted by Gasteiger charge is -2.10. The Bertz CT molecular complexity index is 742. The Morgan fingerprint density at radius 2 is 2.00 bits per heavy atom. The molecule has 1 unspecified atom stereocenters. The number of hydrazine groups is 1. The molecule has 1 aliphatic heterocycles. The Morgan fingerprint density at radius 1 is 1.29 bits per heavy atom. The number of thioether (sulfide) groups is 1. The summed E-state index contributed by atoms with van der Waals surface area (Å²) in [6.07, 6.45) is 0.519. The van der Waals surface area contributed by atoms with Crippen molar-refractivity contribution in [3.63, 3.8) is 0 Å². The van der Waals surface area contributed by atoms with E-state index in [1.165, 1.54) is 18.2 Å². The lowest BCUT2D eigenvalue weighted by Crippen LogP contribution is -2.43. The third-order valence-electron chi connectivity index (χ3n) is 3.40. The van der Waals surface area contributed by atoms with Crippen molar-refractivity contribution in [2.24, 2.45) is 5.92 Å². The molecule has 1 aliphatic rings. The van der Waals surface area contributed by atoms with E-state index in [-0.39, 0.29) is 34.6 Å². The maximum atomic E-state index is 13.0. The Balaban J connectivity index is 1.69. The summed E-state index contributed by atoms with van der Waals surface area (Å²) in [6, 6.07) is 4.12. The lowest BCUT2D eigenvalue weighted by atomic mass is 10.1. The topological polar surface area (TPSA) is 92.3 Å². The quantitative estimate of drug-likeness (QED) is 0.583. The van der Waals surface area contributed by atoms with E-state index in [1.807, 2.05) is 0 Å². The number of halogens is 2. The van der Waals surface area contributed by atoms with E-state index in [0.717, 1.165) is 11.8 Å². The Hall–Kier alpha value is -1.32. The highest BCUT2D eigenvalue weighted by Gasteiger charge is 2.29. The number of amides is 2. The minimum atomic E-state index is -3.03. The van der Waals surface area contributed by atoms with Crippen LogP contribution >= 0.6 is 23.4 Å². The summed E-state index contributed by atoms with van der Waals surface area (Å²) in [5, 5.41) is -0.0276. The van der Waals surface area contributed by atoms with Crippen LogP contribution in [0.4, 0.5) is 4.39 Å². The number of hydrogen-bond donors (Lipinski definition) is 2. The van der Waals surface area contributed by atoms with E-state index in [0.29, 0.717) is 11.3 Å². The van der Waals surface area contributed by atoms with Gasteiger partial charge in [-0.05, 0) is 30.5 Å². The van der Waals surface area contributed by atoms with Crippen molar-refractivity contribution in [3.05, 3.63) is 29.0 Å². The van der Waals surface area contributed by atoms with E-state index >= 15 is 0 Å². The second-order valence-corrected chi connectivity index (χ2v) is 9.12. The van der Waals surface area contributed by atoms with Crippen LogP contribution in [0.25, 0.3) is 0 Å². The highest BCUT2D eigenvalue weighted by atomic mass is 35.5. The fourth-order valence-corrected chi connectivity index (χ4v) is 5.08. The largest absolute Gasteiger partial charge is 0.273 e. The van der Waals surface area contributed by atoms with Crippen molar-refractivity contribution in [1.29, 1.82) is 0 Å². The molecule has 1 heterocycles. The zero-order valence-corrected chi connectivity index (χ0v) is 14.9. The van der Waals surface area contributed by atoms with Gasteiger partial charge in [0.1, 0.15) is 5.82 Å². The monoisotopic (exact) mass is 394 g/mol. The van der Waals surface area contributed by atoms with Crippen molar-refractivity contribution in [2.45, 2.75) is 17.7 Å². The van der Waals surface area contributed by atoms with Crippen molar-refractivity contribution in [2.75, 3.05) is 17.3 Å². The van der Waals surface area contributed by atoms with E-state index in [1.54, 1.807) is 0 Å². The second-order valence-electron chi connectivity index (χ2n) is 5.43. The molecule has 1 aromatic rings. The molecule has 0 spiro atoms. The molecule has 1 atom stereocenters. The molecule has 0 bridgehead atoms. The summed E-state index contributed by atoms with van der Waals surface area (Å²) in [5.41, 5.74) is 4.52. The number of hydrogen-bond acceptors (Lipinski definition) is 5. The van der Waals surface area contributed by atoms with Gasteiger partial charge < -0.3 is 0 Å². The molecule has 0 aromatic heterocycles. The van der Waals surface area contributed by atoms with Crippen LogP contribution in [0, 0.1) is 11.7 Å². The van der Waals surface area contributed by atoms with Gasteiger partial charge in [-0.1, -0.05) is 11.6 Å². The van der Waals surface area contributed by atoms with Crippen LogP contribution in [0.2, 0.25) is 5.02 Å². The predicted molar refractivity (Wildman–Crippen MR) is 89.8 cm³/mol. The van der Waals surface area contributed by atoms with Crippen molar-refractivity contribution in [1.82, 2.24) is 10.9 Å². The summed E-state index contributed by atoms with van der Waals surface area (Å²) < 4.78 is 35.6. The SMILES string of the molecule is O=C(CSc1ccc(F)c(Cl)c1)NNC(=O)CC1CCS(=O)(=O)C1. The van der Waals surface area contributed by atoms with E-state index in [9.17, 15) is 22.4 Å². The molecule has 1 saturated heterocycles. The van der Waals surface area contributed by atoms with Crippen LogP contribution in [-0.4, -0.2) is 37.5 Å². The van der Waals surface area contributed by atoms with Gasteiger partial charge in [-0.2, -0.15) is 0 Å². The summed E-state index contributed by atoms with van der Waals surface area (Å²) >= 11 is 6.79. The molecule has 2 rings (SSSR count). The number of nitrogens with one attached hydrogen (secondary N) is 2. The summed E-state index contributed by atoms with van der Waals surface area (Å²) in [7, 11) is -3.03. The Kier molecular flexibility index (Phi) is 6.47. The molecule has 0 radical (unpaired) electrons. The maximum absolute atomic E-state index is 13.0. The van der Waals surface area contributed by atoms with Gasteiger partial charge in [0.25, 0.3) is 0 Å². The molecular weight excluding hydrogens is 379 g/mol. The molecule has 10 heteroatoms. The molecule has 6 nitrogen and oxygen atoms in total. The molecule has 24 heavy (non-hydrogen) atoms. The predicted octanol–water partition coefficient (Wildman–Crippen LogP) is 1.54. The minimum Gasteiger partial charge on any atom is -0.273 e. The molecule has 1 fully saturated rings. The number of carbonyl (C=O) groups is 2. The van der Waals surface area contributed by atoms with Gasteiger partial charge in [0.15, 0.2) is 9.84 Å². The molecule has 0 saturated carbocycles. The van der Waals surface area contributed by atoms with Gasteiger partial charge >= 0.3 is 0 Å². The second kappa shape index (κ2) is 8.17.